The fourth-order valence-corrected chi connectivity index (χ4v) is 2.75. The Balaban J connectivity index is 1.76. The first-order chi connectivity index (χ1) is 16.5. The molecule has 0 spiro atoms. The predicted octanol–water partition coefficient (Wildman–Crippen LogP) is -0.438. The standard InChI is InChI=1S/C19H22N8O8/c20-13-12(15(31)27-18(21)26-13)25-19(34)24-9-4-3-8(23-16(9)35-7-1-2-7)14(30)22-10(17(32)33)5-6-11(28)29/h3-4,7,10H,1-2,5-6H2,(H,22,30)(H,28,29)(H,32,33)(H2,24,25,34)(H5,20,21,26,27,31). The van der Waals surface area contributed by atoms with Gasteiger partial charge in [-0.3, -0.25) is 24.7 Å². The summed E-state index contributed by atoms with van der Waals surface area (Å²) in [6.45, 7) is 0. The van der Waals surface area contributed by atoms with E-state index in [1.807, 2.05) is 0 Å². The van der Waals surface area contributed by atoms with Crippen LogP contribution in [0.4, 0.5) is 27.9 Å². The molecule has 16 nitrogen and oxygen atoms in total. The number of nitrogens with one attached hydrogen (secondary N) is 4. The van der Waals surface area contributed by atoms with E-state index in [-0.39, 0.29) is 47.2 Å². The van der Waals surface area contributed by atoms with Crippen LogP contribution in [0.25, 0.3) is 0 Å². The molecule has 2 aromatic rings. The normalized spacial score (nSPS) is 13.4. The molecule has 1 aliphatic carbocycles. The zero-order valence-corrected chi connectivity index (χ0v) is 18.0. The van der Waals surface area contributed by atoms with Crippen molar-refractivity contribution in [1.82, 2.24) is 20.3 Å². The highest BCUT2D eigenvalue weighted by molar-refractivity contribution is 6.02. The monoisotopic (exact) mass is 490 g/mol. The van der Waals surface area contributed by atoms with E-state index in [1.165, 1.54) is 12.1 Å². The molecule has 10 N–H and O–H groups in total. The van der Waals surface area contributed by atoms with Gasteiger partial charge in [-0.1, -0.05) is 0 Å². The van der Waals surface area contributed by atoms with Gasteiger partial charge in [0.1, 0.15) is 23.5 Å². The van der Waals surface area contributed by atoms with Crippen LogP contribution in [0, 0.1) is 0 Å². The summed E-state index contributed by atoms with van der Waals surface area (Å²) >= 11 is 0. The third-order valence-electron chi connectivity index (χ3n) is 4.60. The quantitative estimate of drug-likeness (QED) is 0.211. The van der Waals surface area contributed by atoms with Gasteiger partial charge in [0, 0.05) is 6.42 Å². The molecule has 1 unspecified atom stereocenters. The topological polar surface area (TPSA) is 265 Å². The third kappa shape index (κ3) is 6.80. The van der Waals surface area contributed by atoms with E-state index in [9.17, 15) is 29.1 Å². The number of aromatic nitrogens is 3. The molecule has 2 heterocycles. The Labute approximate surface area is 196 Å². The highest BCUT2D eigenvalue weighted by Gasteiger charge is 2.28. The second-order valence-electron chi connectivity index (χ2n) is 7.45. The van der Waals surface area contributed by atoms with Gasteiger partial charge in [-0.2, -0.15) is 4.98 Å². The number of rotatable bonds is 10. The number of hydrogen-bond acceptors (Lipinski definition) is 10. The van der Waals surface area contributed by atoms with Crippen LogP contribution in [0.3, 0.4) is 0 Å². The van der Waals surface area contributed by atoms with Gasteiger partial charge < -0.3 is 37.1 Å². The Bertz CT molecular complexity index is 1230. The smallest absolute Gasteiger partial charge is 0.326 e. The van der Waals surface area contributed by atoms with Crippen molar-refractivity contribution in [2.24, 2.45) is 0 Å². The van der Waals surface area contributed by atoms with E-state index in [2.05, 4.69) is 30.9 Å². The first-order valence-electron chi connectivity index (χ1n) is 10.2. The minimum absolute atomic E-state index is 0.0463. The van der Waals surface area contributed by atoms with E-state index in [4.69, 9.17) is 21.3 Å². The Kier molecular flexibility index (Phi) is 7.33. The van der Waals surface area contributed by atoms with Crippen LogP contribution < -0.4 is 37.7 Å². The van der Waals surface area contributed by atoms with Crippen LogP contribution in [0.15, 0.2) is 16.9 Å². The Morgan fingerprint density at radius 1 is 1.14 bits per heavy atom. The van der Waals surface area contributed by atoms with Crippen molar-refractivity contribution < 1.29 is 34.1 Å². The largest absolute Gasteiger partial charge is 0.481 e. The van der Waals surface area contributed by atoms with Crippen LogP contribution in [0.1, 0.15) is 36.2 Å². The van der Waals surface area contributed by atoms with E-state index in [0.29, 0.717) is 0 Å². The molecule has 1 saturated carbocycles. The Morgan fingerprint density at radius 2 is 1.86 bits per heavy atom. The van der Waals surface area contributed by atoms with Gasteiger partial charge in [0.15, 0.2) is 11.5 Å². The number of amides is 3. The molecule has 3 amide bonds. The molecule has 0 saturated heterocycles. The maximum absolute atomic E-state index is 12.5. The molecule has 0 radical (unpaired) electrons. The average Bonchev–Trinajstić information content (AvgIpc) is 3.58. The fourth-order valence-electron chi connectivity index (χ4n) is 2.75. The number of hydrogen-bond donors (Lipinski definition) is 8. The van der Waals surface area contributed by atoms with E-state index in [0.717, 1.165) is 12.8 Å². The number of nitrogens with two attached hydrogens (primary N) is 2. The van der Waals surface area contributed by atoms with Crippen molar-refractivity contribution >= 4 is 47.0 Å². The highest BCUT2D eigenvalue weighted by Crippen LogP contribution is 2.31. The molecule has 16 heteroatoms. The number of carboxylic acid groups (broad SMARTS) is 2. The molecule has 186 valence electrons. The Hall–Kier alpha value is -4.89. The van der Waals surface area contributed by atoms with E-state index >= 15 is 0 Å². The molecule has 1 aliphatic rings. The van der Waals surface area contributed by atoms with Crippen LogP contribution >= 0.6 is 0 Å². The number of carbonyl (C=O) groups is 4. The summed E-state index contributed by atoms with van der Waals surface area (Å²) < 4.78 is 5.64. The predicted molar refractivity (Wildman–Crippen MR) is 120 cm³/mol. The van der Waals surface area contributed by atoms with Crippen molar-refractivity contribution in [1.29, 1.82) is 0 Å². The van der Waals surface area contributed by atoms with E-state index in [1.54, 1.807) is 0 Å². The first-order valence-corrected chi connectivity index (χ1v) is 10.2. The van der Waals surface area contributed by atoms with Crippen LogP contribution in [0.2, 0.25) is 0 Å². The summed E-state index contributed by atoms with van der Waals surface area (Å²) in [5, 5.41) is 24.8. The average molecular weight is 490 g/mol. The van der Waals surface area contributed by atoms with Crippen LogP contribution in [0.5, 0.6) is 5.88 Å². The van der Waals surface area contributed by atoms with Crippen molar-refractivity contribution in [2.45, 2.75) is 37.8 Å². The van der Waals surface area contributed by atoms with Crippen LogP contribution in [-0.2, 0) is 9.59 Å². The van der Waals surface area contributed by atoms with Gasteiger partial charge in [0.2, 0.25) is 11.8 Å². The molecule has 2 aromatic heterocycles. The third-order valence-corrected chi connectivity index (χ3v) is 4.60. The van der Waals surface area contributed by atoms with Crippen molar-refractivity contribution in [3.63, 3.8) is 0 Å². The molecule has 0 bridgehead atoms. The number of anilines is 4. The minimum Gasteiger partial charge on any atom is -0.481 e. The number of urea groups is 1. The SMILES string of the molecule is Nc1nc(N)c(NC(=O)Nc2ccc(C(=O)NC(CCC(=O)O)C(=O)O)nc2OC2CC2)c(=O)[nH]1. The summed E-state index contributed by atoms with van der Waals surface area (Å²) in [4.78, 5) is 68.9. The van der Waals surface area contributed by atoms with E-state index < -0.39 is 41.9 Å². The zero-order valence-electron chi connectivity index (χ0n) is 18.0. The van der Waals surface area contributed by atoms with Crippen molar-refractivity contribution in [3.05, 3.63) is 28.2 Å². The number of carbonyl (C=O) groups excluding carboxylic acids is 2. The van der Waals surface area contributed by atoms with Crippen molar-refractivity contribution in [3.8, 4) is 5.88 Å². The van der Waals surface area contributed by atoms with Gasteiger partial charge in [-0.25, -0.2) is 14.6 Å². The van der Waals surface area contributed by atoms with Gasteiger partial charge in [0.05, 0.1) is 0 Å². The minimum atomic E-state index is -1.45. The molecule has 1 fully saturated rings. The molecule has 0 aliphatic heterocycles. The van der Waals surface area contributed by atoms with Gasteiger partial charge >= 0.3 is 18.0 Å². The zero-order chi connectivity index (χ0) is 25.7. The lowest BCUT2D eigenvalue weighted by molar-refractivity contribution is -0.140. The maximum atomic E-state index is 12.5. The molecular formula is C19H22N8O8. The van der Waals surface area contributed by atoms with Crippen molar-refractivity contribution in [2.75, 3.05) is 22.1 Å². The summed E-state index contributed by atoms with van der Waals surface area (Å²) in [5.41, 5.74) is 9.69. The van der Waals surface area contributed by atoms with Gasteiger partial charge in [0.25, 0.3) is 11.5 Å². The fraction of sp³-hybridized carbons (Fsp3) is 0.316. The first kappa shape index (κ1) is 24.7. The summed E-state index contributed by atoms with van der Waals surface area (Å²) in [6, 6.07) is 0.148. The lowest BCUT2D eigenvalue weighted by atomic mass is 10.1. The number of carboxylic acids is 2. The number of nitrogens with zero attached hydrogens (tertiary/aromatic N) is 2. The molecular weight excluding hydrogens is 468 g/mol. The molecule has 1 atom stereocenters. The molecule has 3 rings (SSSR count). The number of H-pyrrole nitrogens is 1. The number of aliphatic carboxylic acids is 2. The second kappa shape index (κ2) is 10.4. The molecule has 35 heavy (non-hydrogen) atoms. The number of aromatic amines is 1. The number of nitrogen functional groups attached to an aromatic ring is 2. The summed E-state index contributed by atoms with van der Waals surface area (Å²) in [5.74, 6) is -4.16. The summed E-state index contributed by atoms with van der Waals surface area (Å²) in [7, 11) is 0. The Morgan fingerprint density at radius 3 is 2.46 bits per heavy atom. The molecule has 0 aromatic carbocycles. The lowest BCUT2D eigenvalue weighted by Gasteiger charge is -2.15. The summed E-state index contributed by atoms with van der Waals surface area (Å²) in [6.07, 6.45) is 0.470. The van der Waals surface area contributed by atoms with Gasteiger partial charge in [-0.05, 0) is 31.4 Å². The second-order valence-corrected chi connectivity index (χ2v) is 7.45. The van der Waals surface area contributed by atoms with Crippen LogP contribution in [-0.4, -0.2) is 61.2 Å². The maximum Gasteiger partial charge on any atom is 0.326 e. The highest BCUT2D eigenvalue weighted by atomic mass is 16.5. The lowest BCUT2D eigenvalue weighted by Crippen LogP contribution is -2.41. The number of pyridine rings is 1. The van der Waals surface area contributed by atoms with Gasteiger partial charge in [-0.15, -0.1) is 0 Å². The number of ether oxygens (including phenoxy) is 1.